The molecule has 22 heavy (non-hydrogen) atoms. The molecule has 2 aromatic rings. The van der Waals surface area contributed by atoms with Gasteiger partial charge in [-0.05, 0) is 24.1 Å². The van der Waals surface area contributed by atoms with Gasteiger partial charge in [-0.25, -0.2) is 9.97 Å². The molecule has 1 aromatic heterocycles. The Morgan fingerprint density at radius 2 is 1.86 bits per heavy atom. The molecule has 2 N–H and O–H groups in total. The van der Waals surface area contributed by atoms with E-state index < -0.39 is 0 Å². The minimum atomic E-state index is 0.604. The van der Waals surface area contributed by atoms with Crippen LogP contribution in [0.5, 0.6) is 11.5 Å². The molecule has 3 rings (SSSR count). The number of ether oxygens (including phenoxy) is 2. The summed E-state index contributed by atoms with van der Waals surface area (Å²) in [6.07, 6.45) is 2.41. The van der Waals surface area contributed by atoms with Crippen molar-refractivity contribution in [3.8, 4) is 11.5 Å². The molecule has 1 aromatic carbocycles. The Kier molecular flexibility index (Phi) is 4.11. The smallest absolute Gasteiger partial charge is 0.130 e. The fraction of sp³-hybridized carbons (Fsp3) is 0.375. The molecular formula is C16H20N4O2. The zero-order chi connectivity index (χ0) is 15.5. The third-order valence-corrected chi connectivity index (χ3v) is 3.94. The number of rotatable bonds is 4. The molecule has 0 bridgehead atoms. The highest BCUT2D eigenvalue weighted by Gasteiger charge is 2.20. The van der Waals surface area contributed by atoms with Crippen LogP contribution < -0.4 is 15.2 Å². The summed E-state index contributed by atoms with van der Waals surface area (Å²) < 4.78 is 10.6. The van der Waals surface area contributed by atoms with Crippen molar-refractivity contribution in [2.45, 2.75) is 19.5 Å². The molecule has 1 aliphatic heterocycles. The van der Waals surface area contributed by atoms with Gasteiger partial charge in [0.25, 0.3) is 0 Å². The van der Waals surface area contributed by atoms with Crippen LogP contribution in [-0.4, -0.2) is 35.6 Å². The lowest BCUT2D eigenvalue weighted by Crippen LogP contribution is -2.31. The fourth-order valence-electron chi connectivity index (χ4n) is 2.78. The van der Waals surface area contributed by atoms with Crippen molar-refractivity contribution in [1.82, 2.24) is 14.9 Å². The molecule has 0 unspecified atom stereocenters. The maximum atomic E-state index is 5.91. The Bertz CT molecular complexity index is 653. The average molecular weight is 300 g/mol. The molecule has 0 spiro atoms. The first-order valence-corrected chi connectivity index (χ1v) is 7.22. The molecule has 0 aliphatic carbocycles. The largest absolute Gasteiger partial charge is 0.497 e. The summed E-state index contributed by atoms with van der Waals surface area (Å²) in [5, 5.41) is 0. The van der Waals surface area contributed by atoms with Gasteiger partial charge in [-0.15, -0.1) is 0 Å². The average Bonchev–Trinajstić information content (AvgIpc) is 2.54. The van der Waals surface area contributed by atoms with Crippen molar-refractivity contribution in [2.75, 3.05) is 26.5 Å². The van der Waals surface area contributed by atoms with Gasteiger partial charge in [0.1, 0.15) is 23.6 Å². The topological polar surface area (TPSA) is 73.5 Å². The Hall–Kier alpha value is -2.34. The molecule has 116 valence electrons. The van der Waals surface area contributed by atoms with Crippen molar-refractivity contribution < 1.29 is 9.47 Å². The van der Waals surface area contributed by atoms with Crippen molar-refractivity contribution in [3.63, 3.8) is 0 Å². The standard InChI is InChI=1S/C16H20N4O2/c1-21-12-5-11(6-13(7-12)22-2)8-20-4-3-14-15(9-20)18-10-19-16(14)17/h5-7,10H,3-4,8-9H2,1-2H3,(H2,17,18,19). The second kappa shape index (κ2) is 6.19. The van der Waals surface area contributed by atoms with Crippen LogP contribution in [-0.2, 0) is 19.5 Å². The minimum absolute atomic E-state index is 0.604. The van der Waals surface area contributed by atoms with Crippen molar-refractivity contribution in [3.05, 3.63) is 41.3 Å². The summed E-state index contributed by atoms with van der Waals surface area (Å²) >= 11 is 0. The minimum Gasteiger partial charge on any atom is -0.497 e. The van der Waals surface area contributed by atoms with Crippen LogP contribution in [0.4, 0.5) is 5.82 Å². The van der Waals surface area contributed by atoms with E-state index in [4.69, 9.17) is 15.2 Å². The number of nitrogens with zero attached hydrogens (tertiary/aromatic N) is 3. The Morgan fingerprint density at radius 3 is 2.55 bits per heavy atom. The van der Waals surface area contributed by atoms with Crippen LogP contribution in [0.15, 0.2) is 24.5 Å². The molecule has 0 radical (unpaired) electrons. The van der Waals surface area contributed by atoms with E-state index in [0.29, 0.717) is 5.82 Å². The van der Waals surface area contributed by atoms with E-state index in [1.54, 1.807) is 14.2 Å². The second-order valence-electron chi connectivity index (χ2n) is 5.37. The molecule has 0 atom stereocenters. The maximum Gasteiger partial charge on any atom is 0.130 e. The molecule has 0 amide bonds. The van der Waals surface area contributed by atoms with Crippen LogP contribution in [0.2, 0.25) is 0 Å². The van der Waals surface area contributed by atoms with Gasteiger partial charge in [0, 0.05) is 31.3 Å². The van der Waals surface area contributed by atoms with Crippen molar-refractivity contribution in [1.29, 1.82) is 0 Å². The highest BCUT2D eigenvalue weighted by Crippen LogP contribution is 2.26. The Labute approximate surface area is 129 Å². The number of methoxy groups -OCH3 is 2. The number of hydrogen-bond donors (Lipinski definition) is 1. The van der Waals surface area contributed by atoms with Gasteiger partial charge in [-0.2, -0.15) is 0 Å². The number of hydrogen-bond acceptors (Lipinski definition) is 6. The molecule has 2 heterocycles. The predicted octanol–water partition coefficient (Wildman–Crippen LogP) is 1.63. The number of nitrogens with two attached hydrogens (primary N) is 1. The summed E-state index contributed by atoms with van der Waals surface area (Å²) in [7, 11) is 3.32. The van der Waals surface area contributed by atoms with E-state index in [1.807, 2.05) is 18.2 Å². The van der Waals surface area contributed by atoms with Crippen molar-refractivity contribution >= 4 is 5.82 Å². The first-order chi connectivity index (χ1) is 10.7. The molecule has 6 heteroatoms. The number of fused-ring (bicyclic) bond motifs is 1. The molecular weight excluding hydrogens is 280 g/mol. The van der Waals surface area contributed by atoms with Crippen LogP contribution in [0.25, 0.3) is 0 Å². The molecule has 0 saturated heterocycles. The van der Waals surface area contributed by atoms with Crippen molar-refractivity contribution in [2.24, 2.45) is 0 Å². The molecule has 0 fully saturated rings. The number of aromatic nitrogens is 2. The fourth-order valence-corrected chi connectivity index (χ4v) is 2.78. The van der Waals surface area contributed by atoms with Crippen LogP contribution in [0, 0.1) is 0 Å². The van der Waals surface area contributed by atoms with Gasteiger partial charge in [-0.3, -0.25) is 4.90 Å². The van der Waals surface area contributed by atoms with E-state index in [9.17, 15) is 0 Å². The van der Waals surface area contributed by atoms with Gasteiger partial charge in [0.2, 0.25) is 0 Å². The van der Waals surface area contributed by atoms with Crippen LogP contribution in [0.1, 0.15) is 16.8 Å². The van der Waals surface area contributed by atoms with Gasteiger partial charge in [0.05, 0.1) is 19.9 Å². The highest BCUT2D eigenvalue weighted by molar-refractivity contribution is 5.43. The normalized spacial score (nSPS) is 14.5. The lowest BCUT2D eigenvalue weighted by molar-refractivity contribution is 0.241. The van der Waals surface area contributed by atoms with Crippen LogP contribution in [0.3, 0.4) is 0 Å². The van der Waals surface area contributed by atoms with E-state index in [2.05, 4.69) is 14.9 Å². The number of nitrogen functional groups attached to an aromatic ring is 1. The van der Waals surface area contributed by atoms with Crippen LogP contribution >= 0.6 is 0 Å². The Morgan fingerprint density at radius 1 is 1.14 bits per heavy atom. The second-order valence-corrected chi connectivity index (χ2v) is 5.37. The first-order valence-electron chi connectivity index (χ1n) is 7.22. The summed E-state index contributed by atoms with van der Waals surface area (Å²) in [4.78, 5) is 10.8. The lowest BCUT2D eigenvalue weighted by Gasteiger charge is -2.28. The third-order valence-electron chi connectivity index (χ3n) is 3.94. The Balaban J connectivity index is 1.77. The van der Waals surface area contributed by atoms with E-state index in [-0.39, 0.29) is 0 Å². The lowest BCUT2D eigenvalue weighted by atomic mass is 10.0. The van der Waals surface area contributed by atoms with Gasteiger partial charge < -0.3 is 15.2 Å². The first kappa shape index (κ1) is 14.6. The van der Waals surface area contributed by atoms with E-state index in [1.165, 1.54) is 6.33 Å². The summed E-state index contributed by atoms with van der Waals surface area (Å²) in [6.45, 7) is 2.53. The van der Waals surface area contributed by atoms with E-state index in [0.717, 1.165) is 54.4 Å². The predicted molar refractivity (Wildman–Crippen MR) is 83.8 cm³/mol. The zero-order valence-corrected chi connectivity index (χ0v) is 12.9. The van der Waals surface area contributed by atoms with Gasteiger partial charge in [-0.1, -0.05) is 0 Å². The quantitative estimate of drug-likeness (QED) is 0.925. The highest BCUT2D eigenvalue weighted by atomic mass is 16.5. The molecule has 1 aliphatic rings. The summed E-state index contributed by atoms with van der Waals surface area (Å²) in [5.74, 6) is 2.21. The zero-order valence-electron chi connectivity index (χ0n) is 12.9. The maximum absolute atomic E-state index is 5.91. The summed E-state index contributed by atoms with van der Waals surface area (Å²) in [6, 6.07) is 5.95. The van der Waals surface area contributed by atoms with Gasteiger partial charge in [0.15, 0.2) is 0 Å². The number of benzene rings is 1. The molecule has 6 nitrogen and oxygen atoms in total. The number of anilines is 1. The summed E-state index contributed by atoms with van der Waals surface area (Å²) in [5.41, 5.74) is 9.17. The van der Waals surface area contributed by atoms with Gasteiger partial charge >= 0.3 is 0 Å². The van der Waals surface area contributed by atoms with E-state index >= 15 is 0 Å². The monoisotopic (exact) mass is 300 g/mol. The SMILES string of the molecule is COc1cc(CN2CCc3c(N)ncnc3C2)cc(OC)c1. The third kappa shape index (κ3) is 2.96. The molecule has 0 saturated carbocycles.